The Morgan fingerprint density at radius 2 is 1.71 bits per heavy atom. The molecule has 0 radical (unpaired) electrons. The lowest BCUT2D eigenvalue weighted by molar-refractivity contribution is -0.252. The molecule has 4 fully saturated rings. The molecule has 3 aliphatic carbocycles. The molecule has 3 heterocycles. The highest BCUT2D eigenvalue weighted by Crippen LogP contribution is 2.74. The van der Waals surface area contributed by atoms with Crippen molar-refractivity contribution in [3.63, 3.8) is 0 Å². The Morgan fingerprint density at radius 3 is 2.34 bits per heavy atom. The predicted octanol–water partition coefficient (Wildman–Crippen LogP) is 4.73. The minimum absolute atomic E-state index is 0.0812. The standard InChI is InChI=1S/C32H42O9/c1-16-21(20-8-10-36-14-20)12-22-26(16)32(7)23(9-11-37-17(2)33)31(6)25(40-19(4)35)13-24(39-18(3)34)30(5)15-38-27(28(30)31)29(32)41-22/h8,10,14,21-25,27-29H,9,11-13,15H2,1-7H3/t21-,22-,23-,24-,25+,27-,28+,29-,30-,31+,32-/m1/s1. The topological polar surface area (TPSA) is 111 Å². The van der Waals surface area contributed by atoms with E-state index in [-0.39, 0.29) is 60.6 Å². The van der Waals surface area contributed by atoms with Crippen molar-refractivity contribution in [2.75, 3.05) is 13.2 Å². The second-order valence-electron chi connectivity index (χ2n) is 13.5. The lowest BCUT2D eigenvalue weighted by Gasteiger charge is -2.65. The number of esters is 3. The summed E-state index contributed by atoms with van der Waals surface area (Å²) in [6, 6.07) is 2.02. The van der Waals surface area contributed by atoms with E-state index in [1.807, 2.05) is 12.3 Å². The van der Waals surface area contributed by atoms with Gasteiger partial charge in [0.05, 0.1) is 44.1 Å². The number of allylic oxidation sites excluding steroid dienone is 1. The highest BCUT2D eigenvalue weighted by molar-refractivity contribution is 5.67. The molecular formula is C32H42O9. The van der Waals surface area contributed by atoms with Gasteiger partial charge in [-0.25, -0.2) is 0 Å². The van der Waals surface area contributed by atoms with Crippen LogP contribution in [-0.4, -0.2) is 61.6 Å². The molecule has 0 unspecified atom stereocenters. The third-order valence-electron chi connectivity index (χ3n) is 11.4. The number of fused-ring (bicyclic) bond motifs is 4. The van der Waals surface area contributed by atoms with Gasteiger partial charge in [-0.2, -0.15) is 0 Å². The first-order valence-electron chi connectivity index (χ1n) is 14.8. The molecule has 5 aliphatic rings. The lowest BCUT2D eigenvalue weighted by atomic mass is 9.40. The zero-order valence-corrected chi connectivity index (χ0v) is 25.1. The fourth-order valence-corrected chi connectivity index (χ4v) is 10.1. The number of carbonyl (C=O) groups is 3. The highest BCUT2D eigenvalue weighted by Gasteiger charge is 2.78. The molecule has 2 aliphatic heterocycles. The fraction of sp³-hybridized carbons (Fsp3) is 0.719. The average Bonchev–Trinajstić information content (AvgIpc) is 3.64. The van der Waals surface area contributed by atoms with Crippen molar-refractivity contribution in [1.29, 1.82) is 0 Å². The molecule has 11 atom stereocenters. The Morgan fingerprint density at radius 1 is 1.00 bits per heavy atom. The van der Waals surface area contributed by atoms with Crippen LogP contribution in [0.3, 0.4) is 0 Å². The van der Waals surface area contributed by atoms with Crippen molar-refractivity contribution >= 4 is 17.9 Å². The summed E-state index contributed by atoms with van der Waals surface area (Å²) in [6.45, 7) is 13.7. The van der Waals surface area contributed by atoms with Crippen molar-refractivity contribution in [3.05, 3.63) is 35.3 Å². The quantitative estimate of drug-likeness (QED) is 0.272. The van der Waals surface area contributed by atoms with Crippen molar-refractivity contribution in [1.82, 2.24) is 0 Å². The van der Waals surface area contributed by atoms with Gasteiger partial charge in [0.25, 0.3) is 0 Å². The van der Waals surface area contributed by atoms with E-state index in [1.54, 1.807) is 6.26 Å². The van der Waals surface area contributed by atoms with Crippen LogP contribution < -0.4 is 0 Å². The molecule has 224 valence electrons. The monoisotopic (exact) mass is 570 g/mol. The van der Waals surface area contributed by atoms with E-state index in [4.69, 9.17) is 28.1 Å². The minimum Gasteiger partial charge on any atom is -0.472 e. The molecule has 0 amide bonds. The van der Waals surface area contributed by atoms with E-state index in [0.717, 1.165) is 12.0 Å². The zero-order valence-electron chi connectivity index (χ0n) is 25.1. The van der Waals surface area contributed by atoms with E-state index in [9.17, 15) is 14.4 Å². The van der Waals surface area contributed by atoms with Crippen molar-refractivity contribution in [2.24, 2.45) is 28.1 Å². The number of furan rings is 1. The number of rotatable bonds is 6. The number of hydrogen-bond donors (Lipinski definition) is 0. The van der Waals surface area contributed by atoms with Gasteiger partial charge in [0.2, 0.25) is 0 Å². The summed E-state index contributed by atoms with van der Waals surface area (Å²) in [6.07, 6.45) is 3.66. The minimum atomic E-state index is -0.580. The summed E-state index contributed by atoms with van der Waals surface area (Å²) in [4.78, 5) is 36.7. The third-order valence-corrected chi connectivity index (χ3v) is 11.4. The molecule has 0 bridgehead atoms. The SMILES string of the molecule is CC(=O)OCC[C@H]1[C@]2(C)C3=C(C)[C@H](c4ccoc4)C[C@H]3O[C@@H]2[C@@H]2OC[C@]3(C)[C@H](OC(C)=O)C[C@H](OC(C)=O)[C@@]1(C)[C@@H]23. The van der Waals surface area contributed by atoms with E-state index in [1.165, 1.54) is 31.9 Å². The Balaban J connectivity index is 1.52. The molecule has 0 spiro atoms. The Bertz CT molecular complexity index is 1270. The molecule has 6 rings (SSSR count). The third kappa shape index (κ3) is 3.98. The summed E-state index contributed by atoms with van der Waals surface area (Å²) in [5.41, 5.74) is 2.13. The molecule has 2 saturated heterocycles. The fourth-order valence-electron chi connectivity index (χ4n) is 10.1. The molecule has 2 saturated carbocycles. The maximum atomic E-state index is 12.6. The van der Waals surface area contributed by atoms with Gasteiger partial charge in [0.15, 0.2) is 0 Å². The van der Waals surface area contributed by atoms with Crippen LogP contribution in [-0.2, 0) is 38.1 Å². The van der Waals surface area contributed by atoms with E-state index in [0.29, 0.717) is 19.4 Å². The first-order chi connectivity index (χ1) is 19.3. The van der Waals surface area contributed by atoms with Crippen LogP contribution in [0.4, 0.5) is 0 Å². The average molecular weight is 571 g/mol. The molecule has 0 N–H and O–H groups in total. The van der Waals surface area contributed by atoms with Crippen LogP contribution in [0, 0.1) is 28.1 Å². The molecular weight excluding hydrogens is 528 g/mol. The van der Waals surface area contributed by atoms with Crippen LogP contribution >= 0.6 is 0 Å². The maximum Gasteiger partial charge on any atom is 0.302 e. The van der Waals surface area contributed by atoms with Gasteiger partial charge in [-0.3, -0.25) is 14.4 Å². The summed E-state index contributed by atoms with van der Waals surface area (Å²) < 4.78 is 36.8. The van der Waals surface area contributed by atoms with Crippen molar-refractivity contribution < 1.29 is 42.5 Å². The summed E-state index contributed by atoms with van der Waals surface area (Å²) in [5, 5.41) is 0. The van der Waals surface area contributed by atoms with Crippen LogP contribution in [0.2, 0.25) is 0 Å². The van der Waals surface area contributed by atoms with E-state index >= 15 is 0 Å². The normalized spacial score (nSPS) is 44.2. The molecule has 1 aromatic rings. The molecule has 0 aromatic carbocycles. The van der Waals surface area contributed by atoms with Gasteiger partial charge in [-0.05, 0) is 42.9 Å². The van der Waals surface area contributed by atoms with Gasteiger partial charge in [-0.1, -0.05) is 26.3 Å². The first kappa shape index (κ1) is 28.5. The maximum absolute atomic E-state index is 12.6. The smallest absolute Gasteiger partial charge is 0.302 e. The van der Waals surface area contributed by atoms with Crippen LogP contribution in [0.5, 0.6) is 0 Å². The number of ether oxygens (including phenoxy) is 5. The Labute approximate surface area is 241 Å². The summed E-state index contributed by atoms with van der Waals surface area (Å²) in [5.74, 6) is -1.09. The molecule has 9 heteroatoms. The molecule has 1 aromatic heterocycles. The van der Waals surface area contributed by atoms with Crippen LogP contribution in [0.25, 0.3) is 0 Å². The second-order valence-corrected chi connectivity index (χ2v) is 13.5. The predicted molar refractivity (Wildman–Crippen MR) is 145 cm³/mol. The van der Waals surface area contributed by atoms with Crippen LogP contribution in [0.1, 0.15) is 79.2 Å². The van der Waals surface area contributed by atoms with Gasteiger partial charge in [0, 0.05) is 55.3 Å². The Hall–Kier alpha value is -2.65. The molecule has 41 heavy (non-hydrogen) atoms. The zero-order chi connectivity index (χ0) is 29.5. The van der Waals surface area contributed by atoms with Crippen molar-refractivity contribution in [3.8, 4) is 0 Å². The van der Waals surface area contributed by atoms with Crippen molar-refractivity contribution in [2.45, 2.75) is 104 Å². The lowest BCUT2D eigenvalue weighted by Crippen LogP contribution is -2.71. The summed E-state index contributed by atoms with van der Waals surface area (Å²) >= 11 is 0. The van der Waals surface area contributed by atoms with Gasteiger partial charge in [0.1, 0.15) is 12.2 Å². The second kappa shape index (κ2) is 9.69. The Kier molecular flexibility index (Phi) is 6.73. The van der Waals surface area contributed by atoms with Crippen LogP contribution in [0.15, 0.2) is 34.2 Å². The highest BCUT2D eigenvalue weighted by atomic mass is 16.6. The summed E-state index contributed by atoms with van der Waals surface area (Å²) in [7, 11) is 0. The largest absolute Gasteiger partial charge is 0.472 e. The number of hydrogen-bond acceptors (Lipinski definition) is 9. The van der Waals surface area contributed by atoms with E-state index < -0.39 is 28.5 Å². The van der Waals surface area contributed by atoms with E-state index in [2.05, 4.69) is 27.7 Å². The van der Waals surface area contributed by atoms with Gasteiger partial charge < -0.3 is 28.1 Å². The number of carbonyl (C=O) groups excluding carboxylic acids is 3. The molecule has 9 nitrogen and oxygen atoms in total. The van der Waals surface area contributed by atoms with Gasteiger partial charge in [-0.15, -0.1) is 0 Å². The van der Waals surface area contributed by atoms with Gasteiger partial charge >= 0.3 is 17.9 Å². The first-order valence-corrected chi connectivity index (χ1v) is 14.8.